The van der Waals surface area contributed by atoms with Crippen LogP contribution in [0.25, 0.3) is 0 Å². The topological polar surface area (TPSA) is 89.6 Å². The Morgan fingerprint density at radius 2 is 2.35 bits per heavy atom. The molecule has 17 heavy (non-hydrogen) atoms. The maximum absolute atomic E-state index is 10.9. The van der Waals surface area contributed by atoms with Gasteiger partial charge in [0.1, 0.15) is 0 Å². The van der Waals surface area contributed by atoms with Crippen molar-refractivity contribution in [3.05, 3.63) is 34.9 Å². The molecule has 2 heterocycles. The van der Waals surface area contributed by atoms with Crippen LogP contribution in [0.5, 0.6) is 0 Å². The first-order valence-electron chi connectivity index (χ1n) is 5.33. The fraction of sp³-hybridized carbons (Fsp3) is 0.364. The minimum absolute atomic E-state index is 0.172. The van der Waals surface area contributed by atoms with Crippen molar-refractivity contribution in [3.63, 3.8) is 0 Å². The van der Waals surface area contributed by atoms with Gasteiger partial charge in [-0.1, -0.05) is 0 Å². The molecule has 0 spiro atoms. The number of aromatic amines is 1. The molecule has 0 aliphatic heterocycles. The molecule has 2 aromatic rings. The van der Waals surface area contributed by atoms with Gasteiger partial charge >= 0.3 is 0 Å². The number of nitrogens with zero attached hydrogens (tertiary/aromatic N) is 3. The summed E-state index contributed by atoms with van der Waals surface area (Å²) in [6, 6.07) is 2.72. The van der Waals surface area contributed by atoms with Crippen molar-refractivity contribution < 1.29 is 4.79 Å². The van der Waals surface area contributed by atoms with Crippen LogP contribution in [0.3, 0.4) is 0 Å². The number of carbonyl (C=O) groups is 1. The third-order valence-corrected chi connectivity index (χ3v) is 2.68. The van der Waals surface area contributed by atoms with Gasteiger partial charge in [-0.05, 0) is 25.8 Å². The summed E-state index contributed by atoms with van der Waals surface area (Å²) in [6.45, 7) is 4.62. The number of hydrogen-bond acceptors (Lipinski definition) is 3. The molecule has 0 atom stereocenters. The van der Waals surface area contributed by atoms with Gasteiger partial charge in [0.2, 0.25) is 0 Å². The van der Waals surface area contributed by atoms with E-state index in [9.17, 15) is 4.79 Å². The predicted octanol–water partition coefficient (Wildman–Crippen LogP) is 0.365. The molecular weight excluding hydrogens is 218 g/mol. The van der Waals surface area contributed by atoms with Crippen molar-refractivity contribution in [3.8, 4) is 0 Å². The number of nitrogens with two attached hydrogens (primary N) is 1. The van der Waals surface area contributed by atoms with Crippen LogP contribution in [0, 0.1) is 19.9 Å². The molecule has 0 aliphatic carbocycles. The van der Waals surface area contributed by atoms with Crippen molar-refractivity contribution in [2.24, 2.45) is 5.73 Å². The molecule has 2 rings (SSSR count). The van der Waals surface area contributed by atoms with E-state index in [2.05, 4.69) is 21.4 Å². The number of nitrogens with one attached hydrogen (secondary N) is 1. The molecule has 0 bridgehead atoms. The lowest BCUT2D eigenvalue weighted by molar-refractivity contribution is 0.0994. The molecule has 3 N–H and O–H groups in total. The van der Waals surface area contributed by atoms with Crippen LogP contribution in [0.4, 0.5) is 0 Å². The van der Waals surface area contributed by atoms with Crippen molar-refractivity contribution in [2.75, 3.05) is 0 Å². The Bertz CT molecular complexity index is 520. The van der Waals surface area contributed by atoms with Crippen molar-refractivity contribution >= 4 is 5.91 Å². The predicted molar refractivity (Wildman–Crippen MR) is 61.3 cm³/mol. The Hall–Kier alpha value is -2.11. The molecular formula is C11H14N5O. The third-order valence-electron chi connectivity index (χ3n) is 2.68. The van der Waals surface area contributed by atoms with E-state index in [-0.39, 0.29) is 5.69 Å². The van der Waals surface area contributed by atoms with Gasteiger partial charge in [-0.25, -0.2) is 0 Å². The van der Waals surface area contributed by atoms with Crippen LogP contribution >= 0.6 is 0 Å². The highest BCUT2D eigenvalue weighted by molar-refractivity contribution is 5.90. The lowest BCUT2D eigenvalue weighted by Crippen LogP contribution is -2.13. The van der Waals surface area contributed by atoms with Crippen LogP contribution in [0.2, 0.25) is 0 Å². The lowest BCUT2D eigenvalue weighted by Gasteiger charge is -2.02. The summed E-state index contributed by atoms with van der Waals surface area (Å²) in [5, 5.41) is 11.1. The highest BCUT2D eigenvalue weighted by atomic mass is 16.1. The zero-order valence-electron chi connectivity index (χ0n) is 9.82. The molecule has 0 aliphatic rings. The molecule has 0 fully saturated rings. The molecule has 0 saturated carbocycles. The van der Waals surface area contributed by atoms with E-state index in [0.29, 0.717) is 6.54 Å². The van der Waals surface area contributed by atoms with Gasteiger partial charge in [0.25, 0.3) is 5.91 Å². The molecule has 6 nitrogen and oxygen atoms in total. The van der Waals surface area contributed by atoms with Gasteiger partial charge in [-0.3, -0.25) is 14.6 Å². The van der Waals surface area contributed by atoms with E-state index in [0.717, 1.165) is 17.8 Å². The minimum atomic E-state index is -0.556. The lowest BCUT2D eigenvalue weighted by atomic mass is 10.1. The molecule has 0 unspecified atom stereocenters. The number of hydrogen-bond donors (Lipinski definition) is 2. The number of amides is 1. The van der Waals surface area contributed by atoms with Crippen LogP contribution in [-0.4, -0.2) is 25.9 Å². The fourth-order valence-corrected chi connectivity index (χ4v) is 1.73. The Morgan fingerprint density at radius 1 is 1.59 bits per heavy atom. The average Bonchev–Trinajstić information content (AvgIpc) is 2.85. The summed E-state index contributed by atoms with van der Waals surface area (Å²) in [5.41, 5.74) is 8.52. The zero-order valence-corrected chi connectivity index (χ0v) is 9.82. The fourth-order valence-electron chi connectivity index (χ4n) is 1.73. The molecule has 1 amide bonds. The monoisotopic (exact) mass is 232 g/mol. The number of carbonyl (C=O) groups excluding carboxylic acids is 1. The Balaban J connectivity index is 2.05. The molecule has 89 valence electrons. The summed E-state index contributed by atoms with van der Waals surface area (Å²) < 4.78 is 1.66. The van der Waals surface area contributed by atoms with Gasteiger partial charge in [-0.15, -0.1) is 0 Å². The van der Waals surface area contributed by atoms with Gasteiger partial charge < -0.3 is 5.73 Å². The zero-order chi connectivity index (χ0) is 12.4. The number of primary amides is 1. The Morgan fingerprint density at radius 3 is 2.88 bits per heavy atom. The summed E-state index contributed by atoms with van der Waals surface area (Å²) in [6.07, 6.45) is 2.44. The molecule has 2 aromatic heterocycles. The Kier molecular flexibility index (Phi) is 2.95. The second-order valence-electron chi connectivity index (χ2n) is 3.91. The summed E-state index contributed by atoms with van der Waals surface area (Å²) in [4.78, 5) is 10.9. The van der Waals surface area contributed by atoms with E-state index >= 15 is 0 Å². The van der Waals surface area contributed by atoms with Gasteiger partial charge in [0, 0.05) is 24.5 Å². The smallest absolute Gasteiger partial charge is 0.269 e. The van der Waals surface area contributed by atoms with Crippen molar-refractivity contribution in [2.45, 2.75) is 26.8 Å². The third kappa shape index (κ3) is 2.35. The number of aromatic nitrogens is 4. The van der Waals surface area contributed by atoms with E-state index in [1.54, 1.807) is 10.9 Å². The normalized spacial score (nSPS) is 10.7. The first-order chi connectivity index (χ1) is 8.08. The second-order valence-corrected chi connectivity index (χ2v) is 3.91. The van der Waals surface area contributed by atoms with E-state index in [4.69, 9.17) is 5.73 Å². The van der Waals surface area contributed by atoms with Crippen LogP contribution in [0.1, 0.15) is 27.4 Å². The number of rotatable bonds is 4. The SMILES string of the molecule is Cc1n[nH]c(C)c1CCn1c[c]c(C(N)=O)n1. The van der Waals surface area contributed by atoms with Gasteiger partial charge in [-0.2, -0.15) is 10.2 Å². The number of aryl methyl sites for hydroxylation is 3. The van der Waals surface area contributed by atoms with Crippen LogP contribution < -0.4 is 5.73 Å². The van der Waals surface area contributed by atoms with Crippen LogP contribution in [-0.2, 0) is 13.0 Å². The van der Waals surface area contributed by atoms with E-state index in [1.165, 1.54) is 5.56 Å². The van der Waals surface area contributed by atoms with Crippen LogP contribution in [0.15, 0.2) is 6.20 Å². The number of H-pyrrole nitrogens is 1. The first kappa shape index (κ1) is 11.4. The molecule has 1 radical (unpaired) electrons. The Labute approximate surface area is 98.8 Å². The summed E-state index contributed by atoms with van der Waals surface area (Å²) in [5.74, 6) is -0.556. The standard InChI is InChI=1S/C11H14N5O/c1-7-9(8(2)14-13-7)3-5-16-6-4-10(15-16)11(12)17/h6H,3,5H2,1-2H3,(H2,12,17)(H,13,14). The highest BCUT2D eigenvalue weighted by Gasteiger charge is 2.08. The van der Waals surface area contributed by atoms with E-state index in [1.807, 2.05) is 13.8 Å². The molecule has 0 aromatic carbocycles. The van der Waals surface area contributed by atoms with Crippen molar-refractivity contribution in [1.82, 2.24) is 20.0 Å². The maximum atomic E-state index is 10.9. The first-order valence-corrected chi connectivity index (χ1v) is 5.33. The van der Waals surface area contributed by atoms with E-state index < -0.39 is 5.91 Å². The summed E-state index contributed by atoms with van der Waals surface area (Å²) >= 11 is 0. The quantitative estimate of drug-likeness (QED) is 0.797. The van der Waals surface area contributed by atoms with Gasteiger partial charge in [0.15, 0.2) is 5.69 Å². The maximum Gasteiger partial charge on any atom is 0.269 e. The van der Waals surface area contributed by atoms with Crippen molar-refractivity contribution in [1.29, 1.82) is 0 Å². The van der Waals surface area contributed by atoms with Gasteiger partial charge in [0.05, 0.1) is 5.69 Å². The minimum Gasteiger partial charge on any atom is -0.364 e. The average molecular weight is 232 g/mol. The summed E-state index contributed by atoms with van der Waals surface area (Å²) in [7, 11) is 0. The largest absolute Gasteiger partial charge is 0.364 e. The molecule has 6 heteroatoms. The highest BCUT2D eigenvalue weighted by Crippen LogP contribution is 2.10. The second kappa shape index (κ2) is 4.40. The molecule has 0 saturated heterocycles.